The van der Waals surface area contributed by atoms with Crippen LogP contribution in [0, 0.1) is 0 Å². The molecule has 2 aromatic rings. The Balaban J connectivity index is 2.12. The summed E-state index contributed by atoms with van der Waals surface area (Å²) in [5.41, 5.74) is 2.28. The molecule has 4 nitrogen and oxygen atoms in total. The molecule has 0 fully saturated rings. The van der Waals surface area contributed by atoms with Crippen LogP contribution in [0.4, 0.5) is 0 Å². The second-order valence-electron chi connectivity index (χ2n) is 3.82. The highest BCUT2D eigenvalue weighted by molar-refractivity contribution is 5.15. The summed E-state index contributed by atoms with van der Waals surface area (Å²) in [7, 11) is 3.88. The number of nitrogens with zero attached hydrogens (tertiary/aromatic N) is 3. The minimum absolute atomic E-state index is 0.241. The zero-order valence-corrected chi connectivity index (χ0v) is 9.59. The van der Waals surface area contributed by atoms with Crippen molar-refractivity contribution in [1.82, 2.24) is 20.1 Å². The van der Waals surface area contributed by atoms with E-state index in [9.17, 15) is 0 Å². The van der Waals surface area contributed by atoms with Crippen LogP contribution in [0.5, 0.6) is 0 Å². The molecule has 2 rings (SSSR count). The summed E-state index contributed by atoms with van der Waals surface area (Å²) in [5, 5.41) is 7.69. The van der Waals surface area contributed by atoms with Crippen LogP contribution < -0.4 is 5.32 Å². The molecule has 2 aromatic heterocycles. The van der Waals surface area contributed by atoms with Gasteiger partial charge in [0.05, 0.1) is 11.7 Å². The molecule has 0 bridgehead atoms. The van der Waals surface area contributed by atoms with Crippen LogP contribution in [0.2, 0.25) is 0 Å². The van der Waals surface area contributed by atoms with Crippen LogP contribution in [0.15, 0.2) is 36.8 Å². The van der Waals surface area contributed by atoms with Crippen LogP contribution in [0.25, 0.3) is 0 Å². The molecule has 16 heavy (non-hydrogen) atoms. The van der Waals surface area contributed by atoms with Crippen LogP contribution in [-0.4, -0.2) is 21.8 Å². The standard InChI is InChI=1S/C12H16N4/c1-13-12(11-5-7-16(2)15-11)8-10-4-3-6-14-9-10/h3-7,9,12-13H,8H2,1-2H3. The van der Waals surface area contributed by atoms with Gasteiger partial charge < -0.3 is 5.32 Å². The Kier molecular flexibility index (Phi) is 3.31. The topological polar surface area (TPSA) is 42.7 Å². The first-order chi connectivity index (χ1) is 7.79. The summed E-state index contributed by atoms with van der Waals surface area (Å²) in [6, 6.07) is 6.32. The lowest BCUT2D eigenvalue weighted by molar-refractivity contribution is 0.562. The molecule has 0 aliphatic heterocycles. The van der Waals surface area contributed by atoms with E-state index in [2.05, 4.69) is 21.5 Å². The molecule has 4 heteroatoms. The summed E-state index contributed by atoms with van der Waals surface area (Å²) in [6.07, 6.45) is 6.55. The van der Waals surface area contributed by atoms with Crippen molar-refractivity contribution < 1.29 is 0 Å². The fourth-order valence-electron chi connectivity index (χ4n) is 1.73. The molecule has 0 radical (unpaired) electrons. The van der Waals surface area contributed by atoms with Crippen molar-refractivity contribution in [3.63, 3.8) is 0 Å². The van der Waals surface area contributed by atoms with Crippen molar-refractivity contribution in [3.05, 3.63) is 48.0 Å². The maximum atomic E-state index is 4.41. The Morgan fingerprint density at radius 1 is 1.44 bits per heavy atom. The summed E-state index contributed by atoms with van der Waals surface area (Å²) in [4.78, 5) is 4.12. The number of pyridine rings is 1. The predicted octanol–water partition coefficient (Wildman–Crippen LogP) is 1.32. The number of hydrogen-bond donors (Lipinski definition) is 1. The first-order valence-electron chi connectivity index (χ1n) is 5.35. The van der Waals surface area contributed by atoms with Crippen molar-refractivity contribution in [2.75, 3.05) is 7.05 Å². The lowest BCUT2D eigenvalue weighted by Gasteiger charge is -2.13. The molecule has 0 aliphatic rings. The summed E-state index contributed by atoms with van der Waals surface area (Å²) < 4.78 is 1.82. The fourth-order valence-corrected chi connectivity index (χ4v) is 1.73. The van der Waals surface area contributed by atoms with E-state index in [0.29, 0.717) is 0 Å². The Morgan fingerprint density at radius 2 is 2.31 bits per heavy atom. The molecule has 0 aromatic carbocycles. The molecule has 0 saturated heterocycles. The van der Waals surface area contributed by atoms with Gasteiger partial charge in [0, 0.05) is 25.6 Å². The Hall–Kier alpha value is -1.68. The smallest absolute Gasteiger partial charge is 0.0797 e. The number of nitrogens with one attached hydrogen (secondary N) is 1. The van der Waals surface area contributed by atoms with Gasteiger partial charge in [0.2, 0.25) is 0 Å². The highest BCUT2D eigenvalue weighted by atomic mass is 15.3. The van der Waals surface area contributed by atoms with Gasteiger partial charge in [-0.3, -0.25) is 9.67 Å². The largest absolute Gasteiger partial charge is 0.311 e. The zero-order valence-electron chi connectivity index (χ0n) is 9.59. The number of aromatic nitrogens is 3. The average molecular weight is 216 g/mol. The molecule has 0 spiro atoms. The van der Waals surface area contributed by atoms with Gasteiger partial charge >= 0.3 is 0 Å². The maximum absolute atomic E-state index is 4.41. The van der Waals surface area contributed by atoms with Crippen LogP contribution in [0.3, 0.4) is 0 Å². The summed E-state index contributed by atoms with van der Waals surface area (Å²) in [6.45, 7) is 0. The Bertz CT molecular complexity index is 435. The predicted molar refractivity (Wildman–Crippen MR) is 62.9 cm³/mol. The van der Waals surface area contributed by atoms with E-state index in [1.54, 1.807) is 6.20 Å². The first kappa shape index (κ1) is 10.8. The van der Waals surface area contributed by atoms with Crippen molar-refractivity contribution in [2.45, 2.75) is 12.5 Å². The monoisotopic (exact) mass is 216 g/mol. The number of aryl methyl sites for hydroxylation is 1. The van der Waals surface area contributed by atoms with E-state index in [4.69, 9.17) is 0 Å². The third-order valence-electron chi connectivity index (χ3n) is 2.60. The normalized spacial score (nSPS) is 12.6. The van der Waals surface area contributed by atoms with Crippen molar-refractivity contribution in [2.24, 2.45) is 7.05 Å². The van der Waals surface area contributed by atoms with Crippen LogP contribution in [-0.2, 0) is 13.5 Å². The number of rotatable bonds is 4. The van der Waals surface area contributed by atoms with E-state index in [-0.39, 0.29) is 6.04 Å². The van der Waals surface area contributed by atoms with Gasteiger partial charge in [-0.15, -0.1) is 0 Å². The number of likely N-dealkylation sites (N-methyl/N-ethyl adjacent to an activating group) is 1. The molecule has 0 saturated carbocycles. The highest BCUT2D eigenvalue weighted by Crippen LogP contribution is 2.15. The lowest BCUT2D eigenvalue weighted by Crippen LogP contribution is -2.19. The van der Waals surface area contributed by atoms with Crippen molar-refractivity contribution in [1.29, 1.82) is 0 Å². The molecule has 1 unspecified atom stereocenters. The highest BCUT2D eigenvalue weighted by Gasteiger charge is 2.12. The molecule has 84 valence electrons. The van der Waals surface area contributed by atoms with E-state index >= 15 is 0 Å². The number of hydrogen-bond acceptors (Lipinski definition) is 3. The van der Waals surface area contributed by atoms with Gasteiger partial charge in [0.1, 0.15) is 0 Å². The summed E-state index contributed by atoms with van der Waals surface area (Å²) in [5.74, 6) is 0. The fraction of sp³-hybridized carbons (Fsp3) is 0.333. The van der Waals surface area contributed by atoms with E-state index in [0.717, 1.165) is 12.1 Å². The van der Waals surface area contributed by atoms with Gasteiger partial charge in [-0.25, -0.2) is 0 Å². The average Bonchev–Trinajstić information content (AvgIpc) is 2.74. The quantitative estimate of drug-likeness (QED) is 0.838. The first-order valence-corrected chi connectivity index (χ1v) is 5.35. The van der Waals surface area contributed by atoms with Crippen LogP contribution >= 0.6 is 0 Å². The minimum atomic E-state index is 0.241. The van der Waals surface area contributed by atoms with Gasteiger partial charge in [0.25, 0.3) is 0 Å². The third kappa shape index (κ3) is 2.46. The molecule has 0 aliphatic carbocycles. The van der Waals surface area contributed by atoms with Gasteiger partial charge in [-0.05, 0) is 31.2 Å². The van der Waals surface area contributed by atoms with Crippen molar-refractivity contribution >= 4 is 0 Å². The SMILES string of the molecule is CNC(Cc1cccnc1)c1ccn(C)n1. The molecular weight excluding hydrogens is 200 g/mol. The molecule has 1 N–H and O–H groups in total. The van der Waals surface area contributed by atoms with Crippen molar-refractivity contribution in [3.8, 4) is 0 Å². The molecule has 2 heterocycles. The molecular formula is C12H16N4. The summed E-state index contributed by atoms with van der Waals surface area (Å²) >= 11 is 0. The Morgan fingerprint density at radius 3 is 2.88 bits per heavy atom. The van der Waals surface area contributed by atoms with E-state index < -0.39 is 0 Å². The second-order valence-corrected chi connectivity index (χ2v) is 3.82. The molecule has 0 amide bonds. The Labute approximate surface area is 95.3 Å². The van der Waals surface area contributed by atoms with E-state index in [1.165, 1.54) is 5.56 Å². The zero-order chi connectivity index (χ0) is 11.4. The lowest BCUT2D eigenvalue weighted by atomic mass is 10.1. The van der Waals surface area contributed by atoms with Crippen LogP contribution in [0.1, 0.15) is 17.3 Å². The maximum Gasteiger partial charge on any atom is 0.0797 e. The van der Waals surface area contributed by atoms with Gasteiger partial charge in [0.15, 0.2) is 0 Å². The molecule has 1 atom stereocenters. The second kappa shape index (κ2) is 4.90. The third-order valence-corrected chi connectivity index (χ3v) is 2.60. The minimum Gasteiger partial charge on any atom is -0.311 e. The van der Waals surface area contributed by atoms with E-state index in [1.807, 2.05) is 43.3 Å². The van der Waals surface area contributed by atoms with Gasteiger partial charge in [-0.1, -0.05) is 6.07 Å². The van der Waals surface area contributed by atoms with Gasteiger partial charge in [-0.2, -0.15) is 5.10 Å².